The van der Waals surface area contributed by atoms with Crippen LogP contribution in [0.4, 0.5) is 0 Å². The van der Waals surface area contributed by atoms with Crippen LogP contribution in [-0.4, -0.2) is 14.2 Å². The molecule has 0 N–H and O–H groups in total. The van der Waals surface area contributed by atoms with Crippen LogP contribution < -0.4 is 9.47 Å². The van der Waals surface area contributed by atoms with Gasteiger partial charge in [0, 0.05) is 5.56 Å². The summed E-state index contributed by atoms with van der Waals surface area (Å²) >= 11 is 0. The fourth-order valence-electron chi connectivity index (χ4n) is 2.17. The van der Waals surface area contributed by atoms with Gasteiger partial charge in [0.15, 0.2) is 0 Å². The van der Waals surface area contributed by atoms with E-state index in [1.54, 1.807) is 14.2 Å². The van der Waals surface area contributed by atoms with E-state index in [4.69, 9.17) is 9.47 Å². The Morgan fingerprint density at radius 2 is 1.90 bits per heavy atom. The van der Waals surface area contributed by atoms with Gasteiger partial charge >= 0.3 is 0 Å². The minimum absolute atomic E-state index is 0.185. The third-order valence-electron chi connectivity index (χ3n) is 3.29. The summed E-state index contributed by atoms with van der Waals surface area (Å²) < 4.78 is 10.8. The molecule has 3 nitrogen and oxygen atoms in total. The van der Waals surface area contributed by atoms with Crippen LogP contribution in [0.5, 0.6) is 11.5 Å². The largest absolute Gasteiger partial charge is 0.496 e. The summed E-state index contributed by atoms with van der Waals surface area (Å²) in [4.78, 5) is 0. The first-order valence-electron chi connectivity index (χ1n) is 6.79. The van der Waals surface area contributed by atoms with Crippen molar-refractivity contribution in [2.45, 2.75) is 39.5 Å². The van der Waals surface area contributed by atoms with Gasteiger partial charge in [-0.1, -0.05) is 11.6 Å². The summed E-state index contributed by atoms with van der Waals surface area (Å²) in [6.07, 6.45) is 3.83. The summed E-state index contributed by atoms with van der Waals surface area (Å²) in [6, 6.07) is 6.22. The Balaban J connectivity index is 3.07. The van der Waals surface area contributed by atoms with Gasteiger partial charge in [-0.25, -0.2) is 0 Å². The molecule has 0 saturated carbocycles. The Morgan fingerprint density at radius 3 is 2.40 bits per heavy atom. The van der Waals surface area contributed by atoms with Crippen LogP contribution in [0.15, 0.2) is 23.8 Å². The van der Waals surface area contributed by atoms with Crippen molar-refractivity contribution in [2.75, 3.05) is 14.2 Å². The number of ether oxygens (including phenoxy) is 2. The second-order valence-corrected chi connectivity index (χ2v) is 5.10. The van der Waals surface area contributed by atoms with Gasteiger partial charge in [0.1, 0.15) is 11.5 Å². The quantitative estimate of drug-likeness (QED) is 0.723. The summed E-state index contributed by atoms with van der Waals surface area (Å²) in [7, 11) is 3.28. The van der Waals surface area contributed by atoms with E-state index in [0.29, 0.717) is 0 Å². The second-order valence-electron chi connectivity index (χ2n) is 5.10. The number of aryl methyl sites for hydroxylation is 1. The molecule has 0 aliphatic carbocycles. The highest BCUT2D eigenvalue weighted by molar-refractivity contribution is 5.49. The van der Waals surface area contributed by atoms with Gasteiger partial charge in [0.25, 0.3) is 0 Å². The highest BCUT2D eigenvalue weighted by Gasteiger charge is 2.17. The Morgan fingerprint density at radius 1 is 1.25 bits per heavy atom. The molecule has 1 aromatic rings. The first-order chi connectivity index (χ1) is 9.53. The molecular formula is C17H23NO2. The van der Waals surface area contributed by atoms with Crippen molar-refractivity contribution in [3.8, 4) is 17.6 Å². The smallest absolute Gasteiger partial charge is 0.123 e. The Labute approximate surface area is 121 Å². The maximum atomic E-state index is 9.43. The van der Waals surface area contributed by atoms with Crippen LogP contribution in [0.1, 0.15) is 43.7 Å². The molecule has 20 heavy (non-hydrogen) atoms. The molecule has 108 valence electrons. The molecule has 1 atom stereocenters. The van der Waals surface area contributed by atoms with Crippen molar-refractivity contribution >= 4 is 0 Å². The first-order valence-corrected chi connectivity index (χ1v) is 6.79. The zero-order valence-electron chi connectivity index (χ0n) is 13.0. The average molecular weight is 273 g/mol. The third-order valence-corrected chi connectivity index (χ3v) is 3.29. The highest BCUT2D eigenvalue weighted by atomic mass is 16.5. The summed E-state index contributed by atoms with van der Waals surface area (Å²) in [5.41, 5.74) is 3.18. The third kappa shape index (κ3) is 4.03. The number of nitriles is 1. The number of hydrogen-bond donors (Lipinski definition) is 0. The molecule has 0 fully saturated rings. The maximum absolute atomic E-state index is 9.43. The Bertz CT molecular complexity index is 523. The summed E-state index contributed by atoms with van der Waals surface area (Å²) in [6.45, 7) is 6.10. The van der Waals surface area contributed by atoms with E-state index in [1.165, 1.54) is 5.57 Å². The lowest BCUT2D eigenvalue weighted by atomic mass is 9.93. The highest BCUT2D eigenvalue weighted by Crippen LogP contribution is 2.35. The monoisotopic (exact) mass is 273 g/mol. The van der Waals surface area contributed by atoms with Gasteiger partial charge in [-0.15, -0.1) is 0 Å². The van der Waals surface area contributed by atoms with Gasteiger partial charge in [-0.2, -0.15) is 5.26 Å². The first kappa shape index (κ1) is 16.1. The van der Waals surface area contributed by atoms with Crippen molar-refractivity contribution in [3.05, 3.63) is 34.9 Å². The minimum Gasteiger partial charge on any atom is -0.496 e. The minimum atomic E-state index is -0.185. The van der Waals surface area contributed by atoms with Crippen LogP contribution in [0.3, 0.4) is 0 Å². The maximum Gasteiger partial charge on any atom is 0.123 e. The molecule has 0 aliphatic rings. The number of allylic oxidation sites excluding steroid dienone is 2. The van der Waals surface area contributed by atoms with E-state index < -0.39 is 0 Å². The zero-order chi connectivity index (χ0) is 15.1. The van der Waals surface area contributed by atoms with E-state index in [2.05, 4.69) is 26.0 Å². The average Bonchev–Trinajstić information content (AvgIpc) is 2.43. The van der Waals surface area contributed by atoms with E-state index in [-0.39, 0.29) is 5.92 Å². The molecule has 1 rings (SSSR count). The second kappa shape index (κ2) is 7.59. The van der Waals surface area contributed by atoms with Gasteiger partial charge in [-0.05, 0) is 51.3 Å². The van der Waals surface area contributed by atoms with Crippen LogP contribution in [-0.2, 0) is 0 Å². The van der Waals surface area contributed by atoms with Gasteiger partial charge < -0.3 is 9.47 Å². The lowest BCUT2D eigenvalue weighted by Crippen LogP contribution is -2.01. The molecule has 0 bridgehead atoms. The number of rotatable bonds is 6. The number of methoxy groups -OCH3 is 2. The Kier molecular flexibility index (Phi) is 6.11. The molecule has 0 amide bonds. The number of hydrogen-bond acceptors (Lipinski definition) is 3. The topological polar surface area (TPSA) is 42.2 Å². The van der Waals surface area contributed by atoms with Crippen LogP contribution in [0, 0.1) is 18.3 Å². The fourth-order valence-corrected chi connectivity index (χ4v) is 2.17. The van der Waals surface area contributed by atoms with Crippen molar-refractivity contribution in [3.63, 3.8) is 0 Å². The van der Waals surface area contributed by atoms with Crippen molar-refractivity contribution in [1.82, 2.24) is 0 Å². The van der Waals surface area contributed by atoms with Crippen LogP contribution >= 0.6 is 0 Å². The standard InChI is InChI=1S/C17H23NO2/c1-12(2)7-6-8-14(11-18)15-10-16(19-4)13(3)9-17(15)20-5/h7,9-10,14H,6,8H2,1-5H3. The van der Waals surface area contributed by atoms with E-state index in [1.807, 2.05) is 19.1 Å². The fraction of sp³-hybridized carbons (Fsp3) is 0.471. The zero-order valence-corrected chi connectivity index (χ0v) is 13.0. The predicted molar refractivity (Wildman–Crippen MR) is 81.3 cm³/mol. The molecule has 1 unspecified atom stereocenters. The number of nitrogens with zero attached hydrogens (tertiary/aromatic N) is 1. The molecular weight excluding hydrogens is 250 g/mol. The normalized spacial score (nSPS) is 11.4. The predicted octanol–water partition coefficient (Wildman–Crippen LogP) is 4.37. The SMILES string of the molecule is COc1cc(C(C#N)CCC=C(C)C)c(OC)cc1C. The molecule has 0 saturated heterocycles. The lowest BCUT2D eigenvalue weighted by molar-refractivity contribution is 0.394. The lowest BCUT2D eigenvalue weighted by Gasteiger charge is -2.16. The van der Waals surface area contributed by atoms with Crippen molar-refractivity contribution in [1.29, 1.82) is 5.26 Å². The number of benzene rings is 1. The van der Waals surface area contributed by atoms with E-state index >= 15 is 0 Å². The van der Waals surface area contributed by atoms with Gasteiger partial charge in [0.05, 0.1) is 26.2 Å². The molecule has 0 aromatic heterocycles. The summed E-state index contributed by atoms with van der Waals surface area (Å²) in [5.74, 6) is 1.37. The van der Waals surface area contributed by atoms with Crippen LogP contribution in [0.2, 0.25) is 0 Å². The molecule has 0 heterocycles. The van der Waals surface area contributed by atoms with Crippen molar-refractivity contribution in [2.24, 2.45) is 0 Å². The summed E-state index contributed by atoms with van der Waals surface area (Å²) in [5, 5.41) is 9.43. The molecule has 0 spiro atoms. The van der Waals surface area contributed by atoms with Crippen molar-refractivity contribution < 1.29 is 9.47 Å². The van der Waals surface area contributed by atoms with Gasteiger partial charge in [-0.3, -0.25) is 0 Å². The molecule has 1 aromatic carbocycles. The molecule has 0 aliphatic heterocycles. The van der Waals surface area contributed by atoms with Gasteiger partial charge in [0.2, 0.25) is 0 Å². The Hall–Kier alpha value is -1.95. The van der Waals surface area contributed by atoms with E-state index in [9.17, 15) is 5.26 Å². The van der Waals surface area contributed by atoms with Crippen LogP contribution in [0.25, 0.3) is 0 Å². The molecule has 3 heteroatoms. The molecule has 0 radical (unpaired) electrons. The van der Waals surface area contributed by atoms with E-state index in [0.717, 1.165) is 35.5 Å².